The molecule has 1 heterocycles. The van der Waals surface area contributed by atoms with Crippen molar-refractivity contribution in [2.75, 3.05) is 4.90 Å². The largest absolute Gasteiger partial charge is 0.272 e. The average Bonchev–Trinajstić information content (AvgIpc) is 2.92. The molecule has 4 heteroatoms. The molecule has 3 aromatic rings. The summed E-state index contributed by atoms with van der Waals surface area (Å²) in [6.45, 7) is 7.95. The zero-order valence-electron chi connectivity index (χ0n) is 17.5. The number of amides is 2. The third-order valence-corrected chi connectivity index (χ3v) is 6.21. The van der Waals surface area contributed by atoms with Gasteiger partial charge in [0, 0.05) is 4.90 Å². The first kappa shape index (κ1) is 20.2. The molecule has 3 nitrogen and oxygen atoms in total. The minimum atomic E-state index is -0.270. The molecule has 0 atom stereocenters. The fraction of sp³-hybridized carbons (Fsp3) is 0.154. The Labute approximate surface area is 181 Å². The maximum Gasteiger partial charge on any atom is 0.272 e. The minimum Gasteiger partial charge on any atom is -0.268 e. The molecule has 150 valence electrons. The van der Waals surface area contributed by atoms with E-state index in [1.54, 1.807) is 0 Å². The summed E-state index contributed by atoms with van der Waals surface area (Å²) in [5.41, 5.74) is 6.05. The number of rotatable bonds is 4. The van der Waals surface area contributed by atoms with Crippen LogP contribution in [-0.2, 0) is 9.59 Å². The zero-order chi connectivity index (χ0) is 21.4. The molecule has 2 amide bonds. The summed E-state index contributed by atoms with van der Waals surface area (Å²) in [5, 5.41) is 0. The van der Waals surface area contributed by atoms with Crippen molar-refractivity contribution < 1.29 is 9.59 Å². The summed E-state index contributed by atoms with van der Waals surface area (Å²) >= 11 is 1.35. The molecule has 0 saturated heterocycles. The van der Waals surface area contributed by atoms with E-state index in [9.17, 15) is 9.59 Å². The van der Waals surface area contributed by atoms with Crippen LogP contribution in [0.3, 0.4) is 0 Å². The third kappa shape index (κ3) is 3.71. The standard InChI is InChI=1S/C26H23NO2S/c1-16-10-11-22(19(4)13-16)23-24(30-21-8-6-5-7-9-21)26(29)27(25(23)28)20-14-17(2)12-18(3)15-20/h5-15H,1-4H3. The van der Waals surface area contributed by atoms with E-state index in [-0.39, 0.29) is 11.8 Å². The third-order valence-electron chi connectivity index (χ3n) is 5.12. The smallest absolute Gasteiger partial charge is 0.268 e. The van der Waals surface area contributed by atoms with Gasteiger partial charge in [-0.25, -0.2) is 4.90 Å². The number of imide groups is 1. The number of anilines is 1. The Hall–Kier alpha value is -3.11. The molecule has 30 heavy (non-hydrogen) atoms. The molecule has 0 N–H and O–H groups in total. The zero-order valence-corrected chi connectivity index (χ0v) is 18.3. The van der Waals surface area contributed by atoms with Crippen molar-refractivity contribution >= 4 is 34.8 Å². The van der Waals surface area contributed by atoms with Crippen LogP contribution in [0.25, 0.3) is 5.57 Å². The Morgan fingerprint density at radius 2 is 1.37 bits per heavy atom. The maximum atomic E-state index is 13.6. The van der Waals surface area contributed by atoms with E-state index in [1.165, 1.54) is 16.7 Å². The minimum absolute atomic E-state index is 0.268. The fourth-order valence-corrected chi connectivity index (χ4v) is 4.86. The molecule has 0 radical (unpaired) electrons. The molecular formula is C26H23NO2S. The Bertz CT molecular complexity index is 1170. The lowest BCUT2D eigenvalue weighted by Gasteiger charge is -2.17. The number of carbonyl (C=O) groups excluding carboxylic acids is 2. The summed E-state index contributed by atoms with van der Waals surface area (Å²) in [5.74, 6) is -0.538. The van der Waals surface area contributed by atoms with Gasteiger partial charge in [-0.15, -0.1) is 0 Å². The van der Waals surface area contributed by atoms with E-state index >= 15 is 0 Å². The van der Waals surface area contributed by atoms with Gasteiger partial charge in [-0.05, 0) is 74.2 Å². The van der Waals surface area contributed by atoms with Gasteiger partial charge in [0.05, 0.1) is 16.2 Å². The van der Waals surface area contributed by atoms with Gasteiger partial charge in [0.1, 0.15) is 0 Å². The van der Waals surface area contributed by atoms with Gasteiger partial charge in [0.25, 0.3) is 11.8 Å². The van der Waals surface area contributed by atoms with Crippen LogP contribution in [0.5, 0.6) is 0 Å². The van der Waals surface area contributed by atoms with Crippen molar-refractivity contribution in [2.45, 2.75) is 32.6 Å². The monoisotopic (exact) mass is 413 g/mol. The van der Waals surface area contributed by atoms with Crippen LogP contribution in [0.15, 0.2) is 76.5 Å². The normalized spacial score (nSPS) is 14.1. The van der Waals surface area contributed by atoms with E-state index in [0.717, 1.165) is 32.7 Å². The average molecular weight is 414 g/mol. The number of hydrogen-bond donors (Lipinski definition) is 0. The van der Waals surface area contributed by atoms with Gasteiger partial charge in [-0.2, -0.15) is 0 Å². The van der Waals surface area contributed by atoms with Crippen LogP contribution in [0, 0.1) is 27.7 Å². The van der Waals surface area contributed by atoms with E-state index in [2.05, 4.69) is 0 Å². The van der Waals surface area contributed by atoms with Gasteiger partial charge in [0.2, 0.25) is 0 Å². The lowest BCUT2D eigenvalue weighted by atomic mass is 9.98. The molecule has 0 unspecified atom stereocenters. The Morgan fingerprint density at radius 1 is 0.700 bits per heavy atom. The van der Waals surface area contributed by atoms with Gasteiger partial charge in [-0.1, -0.05) is 59.8 Å². The summed E-state index contributed by atoms with van der Waals surface area (Å²) < 4.78 is 0. The number of nitrogens with zero attached hydrogens (tertiary/aromatic N) is 1. The second-order valence-corrected chi connectivity index (χ2v) is 8.81. The SMILES string of the molecule is Cc1cc(C)cc(N2C(=O)C(Sc3ccccc3)=C(c3ccc(C)cc3C)C2=O)c1. The summed E-state index contributed by atoms with van der Waals surface area (Å²) in [6, 6.07) is 21.5. The first-order valence-corrected chi connectivity index (χ1v) is 10.7. The molecule has 3 aromatic carbocycles. The number of aryl methyl sites for hydroxylation is 4. The molecule has 0 aromatic heterocycles. The van der Waals surface area contributed by atoms with Gasteiger partial charge in [0.15, 0.2) is 0 Å². The first-order valence-electron chi connectivity index (χ1n) is 9.87. The molecule has 0 spiro atoms. The topological polar surface area (TPSA) is 37.4 Å². The van der Waals surface area contributed by atoms with E-state index in [1.807, 2.05) is 94.4 Å². The number of thioether (sulfide) groups is 1. The van der Waals surface area contributed by atoms with Crippen LogP contribution in [-0.4, -0.2) is 11.8 Å². The van der Waals surface area contributed by atoms with Crippen molar-refractivity contribution in [3.63, 3.8) is 0 Å². The van der Waals surface area contributed by atoms with Crippen molar-refractivity contribution in [1.82, 2.24) is 0 Å². The van der Waals surface area contributed by atoms with Gasteiger partial charge >= 0.3 is 0 Å². The highest BCUT2D eigenvalue weighted by molar-refractivity contribution is 8.04. The Morgan fingerprint density at radius 3 is 2.00 bits per heavy atom. The van der Waals surface area contributed by atoms with Crippen molar-refractivity contribution in [3.05, 3.63) is 99.5 Å². The molecular weight excluding hydrogens is 390 g/mol. The second kappa shape index (κ2) is 7.96. The van der Waals surface area contributed by atoms with Crippen LogP contribution in [0.4, 0.5) is 5.69 Å². The van der Waals surface area contributed by atoms with Crippen molar-refractivity contribution in [3.8, 4) is 0 Å². The van der Waals surface area contributed by atoms with Crippen LogP contribution >= 0.6 is 11.8 Å². The molecule has 1 aliphatic rings. The lowest BCUT2D eigenvalue weighted by Crippen LogP contribution is -2.31. The van der Waals surface area contributed by atoms with E-state index in [4.69, 9.17) is 0 Å². The highest BCUT2D eigenvalue weighted by Crippen LogP contribution is 2.42. The van der Waals surface area contributed by atoms with Gasteiger partial charge < -0.3 is 0 Å². The summed E-state index contributed by atoms with van der Waals surface area (Å²) in [6.07, 6.45) is 0. The molecule has 0 bridgehead atoms. The predicted molar refractivity (Wildman–Crippen MR) is 124 cm³/mol. The van der Waals surface area contributed by atoms with Crippen molar-refractivity contribution in [2.24, 2.45) is 0 Å². The van der Waals surface area contributed by atoms with E-state index < -0.39 is 0 Å². The highest BCUT2D eigenvalue weighted by Gasteiger charge is 2.41. The Kier molecular flexibility index (Phi) is 5.35. The van der Waals surface area contributed by atoms with Crippen molar-refractivity contribution in [1.29, 1.82) is 0 Å². The molecule has 0 fully saturated rings. The number of benzene rings is 3. The predicted octanol–water partition coefficient (Wildman–Crippen LogP) is 6.00. The molecule has 0 aliphatic carbocycles. The first-order chi connectivity index (χ1) is 14.3. The number of carbonyl (C=O) groups is 2. The quantitative estimate of drug-likeness (QED) is 0.493. The van der Waals surface area contributed by atoms with Crippen LogP contribution in [0.2, 0.25) is 0 Å². The fourth-order valence-electron chi connectivity index (χ4n) is 3.86. The highest BCUT2D eigenvalue weighted by atomic mass is 32.2. The maximum absolute atomic E-state index is 13.6. The summed E-state index contributed by atoms with van der Waals surface area (Å²) in [4.78, 5) is 29.9. The second-order valence-electron chi connectivity index (χ2n) is 7.73. The number of hydrogen-bond acceptors (Lipinski definition) is 3. The molecule has 0 saturated carbocycles. The Balaban J connectivity index is 1.88. The lowest BCUT2D eigenvalue weighted by molar-refractivity contribution is -0.119. The van der Waals surface area contributed by atoms with Gasteiger partial charge in [-0.3, -0.25) is 9.59 Å². The summed E-state index contributed by atoms with van der Waals surface area (Å²) in [7, 11) is 0. The van der Waals surface area contributed by atoms with Crippen LogP contribution in [0.1, 0.15) is 27.8 Å². The van der Waals surface area contributed by atoms with Crippen LogP contribution < -0.4 is 4.90 Å². The molecule has 4 rings (SSSR count). The molecule has 1 aliphatic heterocycles. The van der Waals surface area contributed by atoms with E-state index in [0.29, 0.717) is 16.2 Å².